The monoisotopic (exact) mass is 465 g/mol. The minimum absolute atomic E-state index is 0.242. The molecule has 0 radical (unpaired) electrons. The van der Waals surface area contributed by atoms with Gasteiger partial charge in [0.05, 0.1) is 0 Å². The summed E-state index contributed by atoms with van der Waals surface area (Å²) >= 11 is 6.02. The predicted octanol–water partition coefficient (Wildman–Crippen LogP) is 4.89. The number of amides is 1. The van der Waals surface area contributed by atoms with Gasteiger partial charge in [0.2, 0.25) is 5.82 Å². The normalized spacial score (nSPS) is 16.0. The highest BCUT2D eigenvalue weighted by Gasteiger charge is 2.38. The average Bonchev–Trinajstić information content (AvgIpc) is 3.30. The number of halogens is 4. The Morgan fingerprint density at radius 2 is 1.84 bits per heavy atom. The van der Waals surface area contributed by atoms with Gasteiger partial charge in [-0.15, -0.1) is 0 Å². The van der Waals surface area contributed by atoms with Crippen molar-refractivity contribution in [3.05, 3.63) is 70.6 Å². The number of ether oxygens (including phenoxy) is 1. The van der Waals surface area contributed by atoms with Crippen LogP contribution in [0.5, 0.6) is 0 Å². The Hall–Kier alpha value is -2.91. The number of hydrogen-bond donors (Lipinski definition) is 1. The summed E-state index contributed by atoms with van der Waals surface area (Å²) < 4.78 is 48.0. The van der Waals surface area contributed by atoms with Crippen molar-refractivity contribution in [3.63, 3.8) is 0 Å². The fourth-order valence-electron chi connectivity index (χ4n) is 3.74. The summed E-state index contributed by atoms with van der Waals surface area (Å²) in [5.41, 5.74) is 1.28. The van der Waals surface area contributed by atoms with Crippen molar-refractivity contribution in [2.24, 2.45) is 0 Å². The zero-order chi connectivity index (χ0) is 22.8. The van der Waals surface area contributed by atoms with E-state index in [2.05, 4.69) is 20.0 Å². The molecule has 3 aromatic rings. The number of benzene rings is 2. The van der Waals surface area contributed by atoms with E-state index >= 15 is 0 Å². The van der Waals surface area contributed by atoms with Crippen LogP contribution in [0.15, 0.2) is 53.1 Å². The molecule has 1 amide bonds. The Morgan fingerprint density at radius 3 is 2.50 bits per heavy atom. The van der Waals surface area contributed by atoms with Crippen LogP contribution in [0.25, 0.3) is 11.4 Å². The number of aromatic nitrogens is 2. The van der Waals surface area contributed by atoms with E-state index in [1.165, 1.54) is 12.1 Å². The summed E-state index contributed by atoms with van der Waals surface area (Å²) in [5, 5.41) is 6.96. The van der Waals surface area contributed by atoms with Crippen molar-refractivity contribution < 1.29 is 27.2 Å². The van der Waals surface area contributed by atoms with Gasteiger partial charge >= 0.3 is 12.1 Å². The molecular formula is C22H19ClF3N3O3. The van der Waals surface area contributed by atoms with Gasteiger partial charge < -0.3 is 14.6 Å². The molecule has 1 aliphatic heterocycles. The number of carbonyl (C=O) groups is 1. The number of hydrogen-bond acceptors (Lipinski definition) is 5. The topological polar surface area (TPSA) is 77.2 Å². The second kappa shape index (κ2) is 8.91. The van der Waals surface area contributed by atoms with E-state index in [9.17, 15) is 18.0 Å². The lowest BCUT2D eigenvalue weighted by molar-refractivity contribution is -0.159. The molecule has 0 unspecified atom stereocenters. The first-order valence-corrected chi connectivity index (χ1v) is 10.3. The third kappa shape index (κ3) is 4.78. The maximum absolute atomic E-state index is 12.9. The molecule has 0 atom stereocenters. The van der Waals surface area contributed by atoms with Crippen LogP contribution in [0, 0.1) is 0 Å². The quantitative estimate of drug-likeness (QED) is 0.580. The number of carbonyl (C=O) groups excluding carboxylic acids is 1. The van der Waals surface area contributed by atoms with Gasteiger partial charge in [-0.05, 0) is 42.7 Å². The highest BCUT2D eigenvalue weighted by atomic mass is 35.5. The predicted molar refractivity (Wildman–Crippen MR) is 110 cm³/mol. The van der Waals surface area contributed by atoms with Gasteiger partial charge in [-0.3, -0.25) is 4.79 Å². The Bertz CT molecular complexity index is 1090. The van der Waals surface area contributed by atoms with Crippen LogP contribution < -0.4 is 5.32 Å². The molecular weight excluding hydrogens is 447 g/mol. The molecule has 0 bridgehead atoms. The molecule has 0 spiro atoms. The molecule has 2 aromatic carbocycles. The number of rotatable bonds is 5. The van der Waals surface area contributed by atoms with Crippen molar-refractivity contribution in [2.75, 3.05) is 19.8 Å². The van der Waals surface area contributed by atoms with Crippen LogP contribution in [0.1, 0.15) is 34.7 Å². The standard InChI is InChI=1S/C22H19ClF3N3O3/c23-17-6-4-16(5-7-17)21(8-10-31-11-9-21)13-27-19(30)15-3-1-2-14(12-15)18-28-20(32-29-18)22(24,25)26/h1-7,12H,8-11,13H2,(H,27,30). The molecule has 1 saturated heterocycles. The van der Waals surface area contributed by atoms with Crippen molar-refractivity contribution in [1.29, 1.82) is 0 Å². The van der Waals surface area contributed by atoms with Crippen LogP contribution in [0.2, 0.25) is 5.02 Å². The van der Waals surface area contributed by atoms with Crippen molar-refractivity contribution in [1.82, 2.24) is 15.5 Å². The number of nitrogens with one attached hydrogen (secondary N) is 1. The molecule has 168 valence electrons. The van der Waals surface area contributed by atoms with E-state index in [1.54, 1.807) is 12.1 Å². The number of nitrogens with zero attached hydrogens (tertiary/aromatic N) is 2. The van der Waals surface area contributed by atoms with Crippen molar-refractivity contribution >= 4 is 17.5 Å². The molecule has 0 saturated carbocycles. The summed E-state index contributed by atoms with van der Waals surface area (Å²) in [7, 11) is 0. The average molecular weight is 466 g/mol. The zero-order valence-corrected chi connectivity index (χ0v) is 17.5. The fraction of sp³-hybridized carbons (Fsp3) is 0.318. The zero-order valence-electron chi connectivity index (χ0n) is 16.8. The van der Waals surface area contributed by atoms with Crippen LogP contribution in [-0.4, -0.2) is 35.8 Å². The summed E-state index contributed by atoms with van der Waals surface area (Å²) in [4.78, 5) is 16.2. The summed E-state index contributed by atoms with van der Waals surface area (Å²) in [6.07, 6.45) is -3.27. The Morgan fingerprint density at radius 1 is 1.12 bits per heavy atom. The largest absolute Gasteiger partial charge is 0.471 e. The first-order valence-electron chi connectivity index (χ1n) is 9.90. The highest BCUT2D eigenvalue weighted by molar-refractivity contribution is 6.30. The van der Waals surface area contributed by atoms with E-state index in [0.717, 1.165) is 18.4 Å². The molecule has 0 aliphatic carbocycles. The van der Waals surface area contributed by atoms with Gasteiger partial charge in [0.25, 0.3) is 5.91 Å². The second-order valence-electron chi connectivity index (χ2n) is 7.58. The first kappa shape index (κ1) is 22.3. The molecule has 1 aromatic heterocycles. The molecule has 2 heterocycles. The minimum Gasteiger partial charge on any atom is -0.381 e. The molecule has 1 aliphatic rings. The Balaban J connectivity index is 1.51. The summed E-state index contributed by atoms with van der Waals surface area (Å²) in [5.74, 6) is -2.04. The lowest BCUT2D eigenvalue weighted by atomic mass is 9.74. The Labute approximate surface area is 186 Å². The van der Waals surface area contributed by atoms with Crippen LogP contribution in [-0.2, 0) is 16.3 Å². The number of alkyl halides is 3. The fourth-order valence-corrected chi connectivity index (χ4v) is 3.87. The molecule has 4 rings (SSSR count). The third-order valence-corrected chi connectivity index (χ3v) is 5.80. The van der Waals surface area contributed by atoms with E-state index in [1.807, 2.05) is 24.3 Å². The van der Waals surface area contributed by atoms with Crippen molar-refractivity contribution in [3.8, 4) is 11.4 Å². The maximum atomic E-state index is 12.9. The van der Waals surface area contributed by atoms with E-state index < -0.39 is 12.1 Å². The highest BCUT2D eigenvalue weighted by Crippen LogP contribution is 2.35. The lowest BCUT2D eigenvalue weighted by Crippen LogP contribution is -2.44. The van der Waals surface area contributed by atoms with Crippen LogP contribution in [0.4, 0.5) is 13.2 Å². The molecule has 6 nitrogen and oxygen atoms in total. The summed E-state index contributed by atoms with van der Waals surface area (Å²) in [6, 6.07) is 13.6. The minimum atomic E-state index is -4.74. The first-order chi connectivity index (χ1) is 15.3. The van der Waals surface area contributed by atoms with Crippen LogP contribution in [0.3, 0.4) is 0 Å². The van der Waals surface area contributed by atoms with Gasteiger partial charge in [0.1, 0.15) is 0 Å². The lowest BCUT2D eigenvalue weighted by Gasteiger charge is -2.38. The van der Waals surface area contributed by atoms with E-state index in [0.29, 0.717) is 24.8 Å². The SMILES string of the molecule is O=C(NCC1(c2ccc(Cl)cc2)CCOCC1)c1cccc(-c2noc(C(F)(F)F)n2)c1. The summed E-state index contributed by atoms with van der Waals surface area (Å²) in [6.45, 7) is 1.53. The molecule has 10 heteroatoms. The van der Waals surface area contributed by atoms with E-state index in [4.69, 9.17) is 16.3 Å². The maximum Gasteiger partial charge on any atom is 0.471 e. The third-order valence-electron chi connectivity index (χ3n) is 5.55. The van der Waals surface area contributed by atoms with Gasteiger partial charge in [0.15, 0.2) is 0 Å². The molecule has 1 fully saturated rings. The van der Waals surface area contributed by atoms with Gasteiger partial charge in [-0.25, -0.2) is 0 Å². The van der Waals surface area contributed by atoms with Crippen molar-refractivity contribution in [2.45, 2.75) is 24.4 Å². The van der Waals surface area contributed by atoms with Gasteiger partial charge in [0, 0.05) is 41.3 Å². The molecule has 32 heavy (non-hydrogen) atoms. The smallest absolute Gasteiger partial charge is 0.381 e. The molecule has 1 N–H and O–H groups in total. The van der Waals surface area contributed by atoms with Gasteiger partial charge in [-0.2, -0.15) is 18.2 Å². The van der Waals surface area contributed by atoms with E-state index in [-0.39, 0.29) is 28.3 Å². The second-order valence-corrected chi connectivity index (χ2v) is 8.02. The Kier molecular flexibility index (Phi) is 6.21. The van der Waals surface area contributed by atoms with Gasteiger partial charge in [-0.1, -0.05) is 41.0 Å². The van der Waals surface area contributed by atoms with Crippen LogP contribution >= 0.6 is 11.6 Å².